The lowest BCUT2D eigenvalue weighted by molar-refractivity contribution is -0.139. The van der Waals surface area contributed by atoms with Gasteiger partial charge in [0.15, 0.2) is 28.2 Å². The minimum absolute atomic E-state index is 0.169. The van der Waals surface area contributed by atoms with Crippen molar-refractivity contribution in [2.75, 3.05) is 20.0 Å². The van der Waals surface area contributed by atoms with E-state index >= 15 is 0 Å². The van der Waals surface area contributed by atoms with Crippen LogP contribution in [-0.2, 0) is 4.79 Å². The van der Waals surface area contributed by atoms with E-state index in [4.69, 9.17) is 15.2 Å². The van der Waals surface area contributed by atoms with E-state index in [1.54, 1.807) is 37.0 Å². The molecule has 1 unspecified atom stereocenters. The van der Waals surface area contributed by atoms with Crippen LogP contribution in [0.25, 0.3) is 11.2 Å². The Balaban J connectivity index is 1.97. The first kappa shape index (κ1) is 22.4. The van der Waals surface area contributed by atoms with Crippen LogP contribution in [0.4, 0.5) is 5.82 Å². The second-order valence-electron chi connectivity index (χ2n) is 7.48. The van der Waals surface area contributed by atoms with Crippen LogP contribution in [-0.4, -0.2) is 44.8 Å². The maximum absolute atomic E-state index is 12.6. The summed E-state index contributed by atoms with van der Waals surface area (Å²) >= 11 is 1.24. The average Bonchev–Trinajstić information content (AvgIpc) is 3.12. The van der Waals surface area contributed by atoms with Gasteiger partial charge in [0.1, 0.15) is 17.8 Å². The van der Waals surface area contributed by atoms with Gasteiger partial charge in [-0.1, -0.05) is 29.3 Å². The van der Waals surface area contributed by atoms with Gasteiger partial charge in [-0.15, -0.1) is 0 Å². The van der Waals surface area contributed by atoms with Gasteiger partial charge >= 0.3 is 5.97 Å². The summed E-state index contributed by atoms with van der Waals surface area (Å²) < 4.78 is 12.4. The van der Waals surface area contributed by atoms with E-state index in [0.717, 1.165) is 11.1 Å². The van der Waals surface area contributed by atoms with Crippen molar-refractivity contribution >= 4 is 34.7 Å². The Morgan fingerprint density at radius 2 is 1.82 bits per heavy atom. The molecule has 9 nitrogen and oxygen atoms in total. The van der Waals surface area contributed by atoms with Crippen molar-refractivity contribution in [1.29, 1.82) is 0 Å². The van der Waals surface area contributed by atoms with Crippen molar-refractivity contribution in [3.05, 3.63) is 59.4 Å². The number of aromatic nitrogens is 4. The Labute approximate surface area is 194 Å². The molecule has 3 N–H and O–H groups in total. The summed E-state index contributed by atoms with van der Waals surface area (Å²) in [6.45, 7) is 3.86. The maximum Gasteiger partial charge on any atom is 0.331 e. The summed E-state index contributed by atoms with van der Waals surface area (Å²) in [4.78, 5) is 26.3. The lowest BCUT2D eigenvalue weighted by Gasteiger charge is -2.19. The number of carboxylic acid groups (broad SMARTS) is 1. The summed E-state index contributed by atoms with van der Waals surface area (Å²) in [5.74, 6) is 0.347. The number of aliphatic carboxylic acids is 1. The zero-order valence-electron chi connectivity index (χ0n) is 18.6. The fourth-order valence-electron chi connectivity index (χ4n) is 3.74. The predicted octanol–water partition coefficient (Wildman–Crippen LogP) is 3.87. The van der Waals surface area contributed by atoms with Crippen LogP contribution in [0.2, 0.25) is 0 Å². The Hall–Kier alpha value is -3.79. The maximum atomic E-state index is 12.6. The van der Waals surface area contributed by atoms with Crippen molar-refractivity contribution in [3.63, 3.8) is 0 Å². The molecule has 0 spiro atoms. The van der Waals surface area contributed by atoms with E-state index in [2.05, 4.69) is 15.0 Å². The molecule has 2 aromatic heterocycles. The monoisotopic (exact) mass is 465 g/mol. The topological polar surface area (TPSA) is 125 Å². The fourth-order valence-corrected chi connectivity index (χ4v) is 4.79. The fraction of sp³-hybridized carbons (Fsp3) is 0.217. The van der Waals surface area contributed by atoms with Crippen molar-refractivity contribution in [1.82, 2.24) is 19.5 Å². The lowest BCUT2D eigenvalue weighted by Crippen LogP contribution is -2.22. The number of nitrogens with two attached hydrogens (primary N) is 1. The zero-order valence-corrected chi connectivity index (χ0v) is 19.4. The van der Waals surface area contributed by atoms with Gasteiger partial charge in [-0.2, -0.15) is 0 Å². The van der Waals surface area contributed by atoms with Gasteiger partial charge in [0.25, 0.3) is 0 Å². The van der Waals surface area contributed by atoms with Gasteiger partial charge in [0.05, 0.1) is 19.1 Å². The summed E-state index contributed by atoms with van der Waals surface area (Å²) in [7, 11) is 3.14. The van der Waals surface area contributed by atoms with Crippen LogP contribution < -0.4 is 15.2 Å². The van der Waals surface area contributed by atoms with Crippen LogP contribution in [0.3, 0.4) is 0 Å². The first-order valence-corrected chi connectivity index (χ1v) is 10.8. The van der Waals surface area contributed by atoms with Crippen LogP contribution in [0, 0.1) is 13.8 Å². The highest BCUT2D eigenvalue weighted by atomic mass is 32.2. The summed E-state index contributed by atoms with van der Waals surface area (Å²) in [6.07, 6.45) is 1.30. The number of anilines is 1. The third kappa shape index (κ3) is 4.29. The standard InChI is InChI=1S/C23H23N5O4S/c1-12-7-13(2)9-14(8-12)19(22(29)30)28-21-18(20(24)25-11-26-21)27-23(28)33-17-10-15(31-3)5-6-16(17)32-4/h5-11,19H,1-4H3,(H,29,30)(H2,24,25,26). The predicted molar refractivity (Wildman–Crippen MR) is 125 cm³/mol. The number of hydrogen-bond acceptors (Lipinski definition) is 8. The van der Waals surface area contributed by atoms with Gasteiger partial charge in [0.2, 0.25) is 0 Å². The number of benzene rings is 2. The molecule has 33 heavy (non-hydrogen) atoms. The summed E-state index contributed by atoms with van der Waals surface area (Å²) in [5, 5.41) is 10.7. The van der Waals surface area contributed by atoms with Crippen molar-refractivity contribution < 1.29 is 19.4 Å². The summed E-state index contributed by atoms with van der Waals surface area (Å²) in [5.41, 5.74) is 9.25. The Kier molecular flexibility index (Phi) is 6.10. The summed E-state index contributed by atoms with van der Waals surface area (Å²) in [6, 6.07) is 9.97. The normalized spacial score (nSPS) is 12.0. The number of nitrogen functional groups attached to an aromatic ring is 1. The molecule has 0 radical (unpaired) electrons. The molecule has 2 heterocycles. The lowest BCUT2D eigenvalue weighted by atomic mass is 10.0. The molecule has 10 heteroatoms. The molecule has 4 rings (SSSR count). The Morgan fingerprint density at radius 3 is 2.45 bits per heavy atom. The van der Waals surface area contributed by atoms with Gasteiger partial charge in [-0.3, -0.25) is 4.57 Å². The number of rotatable bonds is 7. The highest BCUT2D eigenvalue weighted by Gasteiger charge is 2.30. The first-order valence-electron chi connectivity index (χ1n) is 10.0. The van der Waals surface area contributed by atoms with E-state index in [-0.39, 0.29) is 5.82 Å². The molecular formula is C23H23N5O4S. The number of hydrogen-bond donors (Lipinski definition) is 2. The Bertz CT molecular complexity index is 1330. The largest absolute Gasteiger partial charge is 0.497 e. The molecular weight excluding hydrogens is 442 g/mol. The molecule has 1 atom stereocenters. The van der Waals surface area contributed by atoms with E-state index in [0.29, 0.717) is 38.3 Å². The molecule has 0 fully saturated rings. The van der Waals surface area contributed by atoms with E-state index in [1.165, 1.54) is 18.1 Å². The molecule has 4 aromatic rings. The molecule has 0 saturated carbocycles. The van der Waals surface area contributed by atoms with Gasteiger partial charge < -0.3 is 20.3 Å². The number of nitrogens with zero attached hydrogens (tertiary/aromatic N) is 4. The van der Waals surface area contributed by atoms with Gasteiger partial charge in [-0.25, -0.2) is 19.7 Å². The number of carboxylic acids is 1. The van der Waals surface area contributed by atoms with E-state index < -0.39 is 12.0 Å². The number of aryl methyl sites for hydroxylation is 2. The van der Waals surface area contributed by atoms with Crippen LogP contribution >= 0.6 is 11.8 Å². The third-order valence-electron chi connectivity index (χ3n) is 5.10. The first-order chi connectivity index (χ1) is 15.8. The Morgan fingerprint density at radius 1 is 1.09 bits per heavy atom. The minimum Gasteiger partial charge on any atom is -0.497 e. The molecule has 0 amide bonds. The number of fused-ring (bicyclic) bond motifs is 1. The van der Waals surface area contributed by atoms with Crippen molar-refractivity contribution in [3.8, 4) is 11.5 Å². The molecule has 0 saturated heterocycles. The highest BCUT2D eigenvalue weighted by Crippen LogP contribution is 2.40. The second kappa shape index (κ2) is 8.99. The number of carbonyl (C=O) groups is 1. The van der Waals surface area contributed by atoms with Crippen LogP contribution in [0.5, 0.6) is 11.5 Å². The zero-order chi connectivity index (χ0) is 23.7. The SMILES string of the molecule is COc1ccc(OC)c(Sc2nc3c(N)ncnc3n2C(C(=O)O)c2cc(C)cc(C)c2)c1. The van der Waals surface area contributed by atoms with Crippen molar-refractivity contribution in [2.45, 2.75) is 29.9 Å². The molecule has 0 aliphatic carbocycles. The van der Waals surface area contributed by atoms with E-state index in [1.807, 2.05) is 32.0 Å². The van der Waals surface area contributed by atoms with Gasteiger partial charge in [0, 0.05) is 0 Å². The minimum atomic E-state index is -1.08. The molecule has 170 valence electrons. The van der Waals surface area contributed by atoms with Crippen molar-refractivity contribution in [2.24, 2.45) is 0 Å². The molecule has 0 aliphatic heterocycles. The number of imidazole rings is 1. The second-order valence-corrected chi connectivity index (χ2v) is 8.49. The molecule has 0 aliphatic rings. The number of methoxy groups -OCH3 is 2. The smallest absolute Gasteiger partial charge is 0.331 e. The average molecular weight is 466 g/mol. The number of ether oxygens (including phenoxy) is 2. The quantitative estimate of drug-likeness (QED) is 0.418. The third-order valence-corrected chi connectivity index (χ3v) is 6.11. The van der Waals surface area contributed by atoms with E-state index in [9.17, 15) is 9.90 Å². The highest BCUT2D eigenvalue weighted by molar-refractivity contribution is 7.99. The van der Waals surface area contributed by atoms with Crippen LogP contribution in [0.15, 0.2) is 52.8 Å². The van der Waals surface area contributed by atoms with Gasteiger partial charge in [-0.05, 0) is 49.4 Å². The molecule has 0 bridgehead atoms. The van der Waals surface area contributed by atoms with Crippen LogP contribution in [0.1, 0.15) is 22.7 Å². The molecule has 2 aromatic carbocycles.